The molecule has 2 amide bonds. The molecule has 0 radical (unpaired) electrons. The van der Waals surface area contributed by atoms with Crippen molar-refractivity contribution in [3.8, 4) is 11.5 Å². The number of anilines is 2. The summed E-state index contributed by atoms with van der Waals surface area (Å²) >= 11 is 0. The van der Waals surface area contributed by atoms with Gasteiger partial charge >= 0.3 is 0 Å². The molecule has 142 valence electrons. The molecule has 0 heterocycles. The highest BCUT2D eigenvalue weighted by molar-refractivity contribution is 6.17. The molecule has 2 N–H and O–H groups in total. The Morgan fingerprint density at radius 2 is 1.59 bits per heavy atom. The van der Waals surface area contributed by atoms with Crippen molar-refractivity contribution in [1.29, 1.82) is 0 Å². The maximum Gasteiger partial charge on any atom is 0.240 e. The second-order valence-electron chi connectivity index (χ2n) is 6.86. The first-order valence-corrected chi connectivity index (χ1v) is 8.82. The summed E-state index contributed by atoms with van der Waals surface area (Å²) in [7, 11) is 3.07. The predicted molar refractivity (Wildman–Crippen MR) is 104 cm³/mol. The number of benzene rings is 2. The third-order valence-corrected chi connectivity index (χ3v) is 5.04. The molecule has 0 bridgehead atoms. The van der Waals surface area contributed by atoms with Crippen LogP contribution < -0.4 is 20.1 Å². The molecular weight excluding hydrogens is 344 g/mol. The fourth-order valence-electron chi connectivity index (χ4n) is 2.91. The third-order valence-electron chi connectivity index (χ3n) is 5.04. The number of methoxy groups -OCH3 is 2. The average Bonchev–Trinajstić information content (AvgIpc) is 3.47. The minimum atomic E-state index is -1.05. The molecule has 1 fully saturated rings. The Morgan fingerprint density at radius 3 is 2.19 bits per heavy atom. The van der Waals surface area contributed by atoms with E-state index in [4.69, 9.17) is 9.47 Å². The van der Waals surface area contributed by atoms with Gasteiger partial charge in [-0.3, -0.25) is 9.59 Å². The molecule has 0 unspecified atom stereocenters. The molecule has 3 rings (SSSR count). The van der Waals surface area contributed by atoms with Gasteiger partial charge in [0.25, 0.3) is 0 Å². The molecule has 0 aromatic heterocycles. The van der Waals surface area contributed by atoms with Gasteiger partial charge in [-0.05, 0) is 62.1 Å². The van der Waals surface area contributed by atoms with Gasteiger partial charge in [-0.25, -0.2) is 0 Å². The van der Waals surface area contributed by atoms with Gasteiger partial charge in [0, 0.05) is 11.8 Å². The average molecular weight is 368 g/mol. The summed E-state index contributed by atoms with van der Waals surface area (Å²) in [6.07, 6.45) is 1.03. The summed E-state index contributed by atoms with van der Waals surface area (Å²) in [5.41, 5.74) is 2.36. The molecule has 6 nitrogen and oxygen atoms in total. The van der Waals surface area contributed by atoms with Gasteiger partial charge in [-0.15, -0.1) is 0 Å². The number of ether oxygens (including phenoxy) is 2. The lowest BCUT2D eigenvalue weighted by molar-refractivity contribution is -0.131. The van der Waals surface area contributed by atoms with E-state index >= 15 is 0 Å². The minimum Gasteiger partial charge on any atom is -0.497 e. The van der Waals surface area contributed by atoms with Gasteiger partial charge < -0.3 is 20.1 Å². The van der Waals surface area contributed by atoms with Crippen LogP contribution in [0.1, 0.15) is 24.0 Å². The van der Waals surface area contributed by atoms with Gasteiger partial charge in [-0.2, -0.15) is 0 Å². The lowest BCUT2D eigenvalue weighted by atomic mass is 10.0. The second kappa shape index (κ2) is 7.31. The first-order valence-electron chi connectivity index (χ1n) is 8.82. The van der Waals surface area contributed by atoms with E-state index in [0.29, 0.717) is 35.7 Å². The number of aryl methyl sites for hydroxylation is 2. The summed E-state index contributed by atoms with van der Waals surface area (Å²) in [5, 5.41) is 5.70. The zero-order chi connectivity index (χ0) is 19.6. The molecular formula is C21H24N2O4. The molecule has 1 aliphatic rings. The fourth-order valence-corrected chi connectivity index (χ4v) is 2.91. The standard InChI is InChI=1S/C21H24N2O4/c1-13-5-6-15(11-14(13)2)22-19(24)21(9-10-21)20(25)23-17-12-16(26-3)7-8-18(17)27-4/h5-8,11-12H,9-10H2,1-4H3,(H,22,24)(H,23,25). The van der Waals surface area contributed by atoms with Crippen molar-refractivity contribution >= 4 is 23.2 Å². The Hall–Kier alpha value is -3.02. The molecule has 0 saturated heterocycles. The number of carbonyl (C=O) groups excluding carboxylic acids is 2. The van der Waals surface area contributed by atoms with Crippen molar-refractivity contribution in [2.45, 2.75) is 26.7 Å². The number of hydrogen-bond donors (Lipinski definition) is 2. The number of carbonyl (C=O) groups is 2. The lowest BCUT2D eigenvalue weighted by Crippen LogP contribution is -2.35. The van der Waals surface area contributed by atoms with Crippen LogP contribution in [0.3, 0.4) is 0 Å². The summed E-state index contributed by atoms with van der Waals surface area (Å²) in [5.74, 6) is 0.477. The van der Waals surface area contributed by atoms with Crippen molar-refractivity contribution in [3.63, 3.8) is 0 Å². The molecule has 1 saturated carbocycles. The Labute approximate surface area is 158 Å². The van der Waals surface area contributed by atoms with Crippen molar-refractivity contribution in [1.82, 2.24) is 0 Å². The fraction of sp³-hybridized carbons (Fsp3) is 0.333. The van der Waals surface area contributed by atoms with Crippen LogP contribution >= 0.6 is 0 Å². The normalized spacial score (nSPS) is 14.2. The summed E-state index contributed by atoms with van der Waals surface area (Å²) < 4.78 is 10.5. The van der Waals surface area contributed by atoms with Crippen LogP contribution in [0.15, 0.2) is 36.4 Å². The first kappa shape index (κ1) is 18.8. The second-order valence-corrected chi connectivity index (χ2v) is 6.86. The van der Waals surface area contributed by atoms with Crippen LogP contribution in [-0.4, -0.2) is 26.0 Å². The molecule has 0 aliphatic heterocycles. The van der Waals surface area contributed by atoms with Crippen LogP contribution in [0.5, 0.6) is 11.5 Å². The van der Waals surface area contributed by atoms with Crippen LogP contribution in [0, 0.1) is 19.3 Å². The van der Waals surface area contributed by atoms with Gasteiger partial charge in [0.1, 0.15) is 16.9 Å². The minimum absolute atomic E-state index is 0.287. The van der Waals surface area contributed by atoms with Crippen LogP contribution in [-0.2, 0) is 9.59 Å². The van der Waals surface area contributed by atoms with Crippen LogP contribution in [0.2, 0.25) is 0 Å². The smallest absolute Gasteiger partial charge is 0.240 e. The molecule has 2 aromatic carbocycles. The van der Waals surface area contributed by atoms with Gasteiger partial charge in [0.15, 0.2) is 0 Å². The van der Waals surface area contributed by atoms with E-state index in [-0.39, 0.29) is 11.8 Å². The maximum atomic E-state index is 12.8. The molecule has 6 heteroatoms. The van der Waals surface area contributed by atoms with Crippen LogP contribution in [0.4, 0.5) is 11.4 Å². The largest absolute Gasteiger partial charge is 0.497 e. The topological polar surface area (TPSA) is 76.7 Å². The number of hydrogen-bond acceptors (Lipinski definition) is 4. The molecule has 2 aromatic rings. The zero-order valence-corrected chi connectivity index (χ0v) is 16.0. The van der Waals surface area contributed by atoms with Crippen molar-refractivity contribution in [2.75, 3.05) is 24.9 Å². The SMILES string of the molecule is COc1ccc(OC)c(NC(=O)C2(C(=O)Nc3ccc(C)c(C)c3)CC2)c1. The van der Waals surface area contributed by atoms with E-state index in [0.717, 1.165) is 11.1 Å². The quantitative estimate of drug-likeness (QED) is 0.763. The van der Waals surface area contributed by atoms with Crippen molar-refractivity contribution in [2.24, 2.45) is 5.41 Å². The van der Waals surface area contributed by atoms with Gasteiger partial charge in [-0.1, -0.05) is 6.07 Å². The highest BCUT2D eigenvalue weighted by atomic mass is 16.5. The molecule has 1 aliphatic carbocycles. The Morgan fingerprint density at radius 1 is 0.889 bits per heavy atom. The van der Waals surface area contributed by atoms with Crippen molar-refractivity contribution in [3.05, 3.63) is 47.5 Å². The highest BCUT2D eigenvalue weighted by Crippen LogP contribution is 2.48. The maximum absolute atomic E-state index is 12.8. The van der Waals surface area contributed by atoms with E-state index in [1.807, 2.05) is 32.0 Å². The van der Waals surface area contributed by atoms with E-state index in [1.165, 1.54) is 7.11 Å². The predicted octanol–water partition coefficient (Wildman–Crippen LogP) is 3.68. The Kier molecular flexibility index (Phi) is 5.08. The van der Waals surface area contributed by atoms with E-state index in [2.05, 4.69) is 10.6 Å². The molecule has 27 heavy (non-hydrogen) atoms. The Bertz CT molecular complexity index is 888. The number of amides is 2. The first-order chi connectivity index (χ1) is 12.9. The van der Waals surface area contributed by atoms with E-state index in [1.54, 1.807) is 25.3 Å². The molecule has 0 atom stereocenters. The number of rotatable bonds is 6. The van der Waals surface area contributed by atoms with Gasteiger partial charge in [0.05, 0.1) is 19.9 Å². The third kappa shape index (κ3) is 3.74. The molecule has 0 spiro atoms. The van der Waals surface area contributed by atoms with E-state index < -0.39 is 5.41 Å². The summed E-state index contributed by atoms with van der Waals surface area (Å²) in [6.45, 7) is 4.00. The van der Waals surface area contributed by atoms with E-state index in [9.17, 15) is 9.59 Å². The van der Waals surface area contributed by atoms with Gasteiger partial charge in [0.2, 0.25) is 11.8 Å². The number of nitrogens with one attached hydrogen (secondary N) is 2. The highest BCUT2D eigenvalue weighted by Gasteiger charge is 2.56. The van der Waals surface area contributed by atoms with Crippen molar-refractivity contribution < 1.29 is 19.1 Å². The summed E-state index contributed by atoms with van der Waals surface area (Å²) in [6, 6.07) is 10.8. The summed E-state index contributed by atoms with van der Waals surface area (Å²) in [4.78, 5) is 25.6. The monoisotopic (exact) mass is 368 g/mol. The Balaban J connectivity index is 1.76. The van der Waals surface area contributed by atoms with Crippen LogP contribution in [0.25, 0.3) is 0 Å². The lowest BCUT2D eigenvalue weighted by Gasteiger charge is -2.17. The zero-order valence-electron chi connectivity index (χ0n) is 16.0.